The van der Waals surface area contributed by atoms with E-state index in [1.54, 1.807) is 6.34 Å². The molecule has 1 aliphatic rings. The Balaban J connectivity index is 2.30. The molecule has 0 unspecified atom stereocenters. The smallest absolute Gasteiger partial charge is 0.303 e. The molecular weight excluding hydrogens is 428 g/mol. The van der Waals surface area contributed by atoms with Crippen LogP contribution in [0, 0.1) is 19.3 Å². The first-order valence-electron chi connectivity index (χ1n) is 11.6. The largest absolute Gasteiger partial charge is 0.494 e. The molecule has 0 bridgehead atoms. The highest BCUT2D eigenvalue weighted by molar-refractivity contribution is 5.75. The van der Waals surface area contributed by atoms with Crippen LogP contribution in [0.3, 0.4) is 0 Å². The molecule has 0 radical (unpaired) electrons. The molecular formula is C27H34N4O3. The van der Waals surface area contributed by atoms with Crippen LogP contribution in [0.5, 0.6) is 0 Å². The van der Waals surface area contributed by atoms with E-state index < -0.39 is 5.97 Å². The minimum Gasteiger partial charge on any atom is -0.494 e. The average molecular weight is 463 g/mol. The van der Waals surface area contributed by atoms with Crippen molar-refractivity contribution in [3.63, 3.8) is 0 Å². The van der Waals surface area contributed by atoms with Crippen molar-refractivity contribution >= 4 is 29.8 Å². The normalized spacial score (nSPS) is 17.1. The minimum atomic E-state index is -0.802. The number of ether oxygens (including phenoxy) is 1. The van der Waals surface area contributed by atoms with Crippen molar-refractivity contribution < 1.29 is 14.6 Å². The lowest BCUT2D eigenvalue weighted by molar-refractivity contribution is -0.136. The number of hydrogen-bond donors (Lipinski definition) is 2. The van der Waals surface area contributed by atoms with Gasteiger partial charge in [0.05, 0.1) is 31.2 Å². The maximum atomic E-state index is 11.5. The van der Waals surface area contributed by atoms with Gasteiger partial charge in [0.15, 0.2) is 5.76 Å². The van der Waals surface area contributed by atoms with Crippen LogP contribution in [0.15, 0.2) is 47.3 Å². The number of fused-ring (bicyclic) bond motifs is 1. The number of carbonyl (C=O) groups is 1. The summed E-state index contributed by atoms with van der Waals surface area (Å²) >= 11 is 0. The summed E-state index contributed by atoms with van der Waals surface area (Å²) in [6.07, 6.45) is 5.77. The summed E-state index contributed by atoms with van der Waals surface area (Å²) in [5, 5.41) is 19.0. The predicted molar refractivity (Wildman–Crippen MR) is 136 cm³/mol. The second-order valence-corrected chi connectivity index (χ2v) is 8.60. The Bertz CT molecular complexity index is 1240. The molecule has 0 spiro atoms. The number of rotatable bonds is 9. The number of benzene rings is 1. The predicted octanol–water partition coefficient (Wildman–Crippen LogP) is 3.56. The highest BCUT2D eigenvalue weighted by Gasteiger charge is 2.24. The van der Waals surface area contributed by atoms with Crippen molar-refractivity contribution in [3.8, 4) is 0 Å². The number of hydrogen-bond acceptors (Lipinski definition) is 4. The zero-order valence-electron chi connectivity index (χ0n) is 20.6. The van der Waals surface area contributed by atoms with Gasteiger partial charge in [-0.05, 0) is 50.8 Å². The minimum absolute atomic E-state index is 0.0735. The number of carboxylic acid groups (broad SMARTS) is 1. The summed E-state index contributed by atoms with van der Waals surface area (Å²) in [4.78, 5) is 18.1. The molecule has 1 atom stereocenters. The summed E-state index contributed by atoms with van der Waals surface area (Å²) in [6, 6.07) is 10.7. The lowest BCUT2D eigenvalue weighted by Crippen LogP contribution is -2.49. The molecule has 1 aliphatic heterocycles. The van der Waals surface area contributed by atoms with Crippen LogP contribution >= 0.6 is 0 Å². The summed E-state index contributed by atoms with van der Waals surface area (Å²) in [5.41, 5.74) is 5.55. The summed E-state index contributed by atoms with van der Waals surface area (Å²) in [7, 11) is 1.51. The molecule has 0 saturated heterocycles. The van der Waals surface area contributed by atoms with Crippen LogP contribution in [-0.4, -0.2) is 46.2 Å². The number of allylic oxidation sites excluding steroid dienone is 1. The third-order valence-electron chi connectivity index (χ3n) is 6.23. The fourth-order valence-corrected chi connectivity index (χ4v) is 4.48. The van der Waals surface area contributed by atoms with Crippen molar-refractivity contribution in [1.82, 2.24) is 9.47 Å². The molecule has 7 heteroatoms. The van der Waals surface area contributed by atoms with E-state index in [-0.39, 0.29) is 12.5 Å². The Morgan fingerprint density at radius 2 is 1.97 bits per heavy atom. The number of aliphatic imine (C=N–C) groups is 1. The molecule has 1 aromatic heterocycles. The average Bonchev–Trinajstić information content (AvgIpc) is 3.13. The van der Waals surface area contributed by atoms with Crippen molar-refractivity contribution in [1.29, 1.82) is 5.41 Å². The molecule has 1 aromatic carbocycles. The van der Waals surface area contributed by atoms with E-state index in [0.717, 1.165) is 52.3 Å². The van der Waals surface area contributed by atoms with Gasteiger partial charge in [0, 0.05) is 35.6 Å². The van der Waals surface area contributed by atoms with E-state index in [1.807, 2.05) is 0 Å². The number of nitrogens with one attached hydrogen (secondary N) is 1. The Morgan fingerprint density at radius 3 is 2.56 bits per heavy atom. The molecule has 0 amide bonds. The number of nitrogens with zero attached hydrogens (tertiary/aromatic N) is 3. The van der Waals surface area contributed by atoms with Crippen molar-refractivity contribution in [3.05, 3.63) is 69.7 Å². The molecule has 2 aromatic rings. The highest BCUT2D eigenvalue weighted by Crippen LogP contribution is 2.21. The van der Waals surface area contributed by atoms with Gasteiger partial charge in [-0.1, -0.05) is 36.8 Å². The second-order valence-electron chi connectivity index (χ2n) is 8.60. The first kappa shape index (κ1) is 25.0. The van der Waals surface area contributed by atoms with Crippen LogP contribution < -0.4 is 10.6 Å². The first-order chi connectivity index (χ1) is 16.3. The second kappa shape index (κ2) is 11.0. The van der Waals surface area contributed by atoms with Gasteiger partial charge in [-0.3, -0.25) is 4.79 Å². The van der Waals surface area contributed by atoms with Gasteiger partial charge < -0.3 is 24.7 Å². The molecule has 2 heterocycles. The summed E-state index contributed by atoms with van der Waals surface area (Å²) in [5.74, 6) is -0.425. The lowest BCUT2D eigenvalue weighted by Gasteiger charge is -2.34. The van der Waals surface area contributed by atoms with E-state index in [9.17, 15) is 9.90 Å². The standard InChI is InChI=1S/C27H34N4O3/c1-6-25-27-24(23(11-12-26(32)33)21-9-7-18(2)8-10-21)13-19(3)30(27)16-20(4)31(25)17-29-15-22(14-28)34-5/h7-10,13-15,17,20,28H,6,11-12,16H2,1-5H3,(H,32,33)/b22-15+,24-23+,28-14?,29-17+/t20-/m1/s1. The molecule has 7 nitrogen and oxygen atoms in total. The number of aryl methyl sites for hydroxylation is 2. The molecule has 0 saturated carbocycles. The summed E-state index contributed by atoms with van der Waals surface area (Å²) in [6.45, 7) is 9.24. The van der Waals surface area contributed by atoms with E-state index in [4.69, 9.17) is 10.1 Å². The van der Waals surface area contributed by atoms with Crippen molar-refractivity contribution in [2.45, 2.75) is 59.5 Å². The molecule has 2 N–H and O–H groups in total. The quantitative estimate of drug-likeness (QED) is 0.339. The number of methoxy groups -OCH3 is 1. The Kier molecular flexibility index (Phi) is 8.10. The monoisotopic (exact) mass is 462 g/mol. The van der Waals surface area contributed by atoms with Crippen LogP contribution in [-0.2, 0) is 16.1 Å². The van der Waals surface area contributed by atoms with Crippen LogP contribution in [0.4, 0.5) is 0 Å². The maximum absolute atomic E-state index is 11.5. The van der Waals surface area contributed by atoms with Crippen molar-refractivity contribution in [2.75, 3.05) is 7.11 Å². The van der Waals surface area contributed by atoms with E-state index in [0.29, 0.717) is 12.2 Å². The molecule has 180 valence electrons. The fraction of sp³-hybridized carbons (Fsp3) is 0.370. The maximum Gasteiger partial charge on any atom is 0.303 e. The SMILES string of the molecule is CCC1=c2/c(=C(\CCC(=O)O)c3ccc(C)cc3)cc(C)n2C[C@@H](C)N1/C=N/C=C(\C=N)OC. The molecule has 34 heavy (non-hydrogen) atoms. The Hall–Kier alpha value is -3.61. The number of aromatic nitrogens is 1. The zero-order chi connectivity index (χ0) is 24.8. The summed E-state index contributed by atoms with van der Waals surface area (Å²) < 4.78 is 7.45. The third kappa shape index (κ3) is 5.30. The molecule has 0 fully saturated rings. The van der Waals surface area contributed by atoms with E-state index >= 15 is 0 Å². The number of aliphatic carboxylic acids is 1. The van der Waals surface area contributed by atoms with Gasteiger partial charge >= 0.3 is 5.97 Å². The molecule has 3 rings (SSSR count). The van der Waals surface area contributed by atoms with Gasteiger partial charge in [-0.15, -0.1) is 0 Å². The van der Waals surface area contributed by atoms with Gasteiger partial charge in [0.2, 0.25) is 0 Å². The highest BCUT2D eigenvalue weighted by atomic mass is 16.5. The van der Waals surface area contributed by atoms with Crippen LogP contribution in [0.2, 0.25) is 0 Å². The Morgan fingerprint density at radius 1 is 1.26 bits per heavy atom. The van der Waals surface area contributed by atoms with E-state index in [2.05, 4.69) is 72.5 Å². The Labute approximate surface area is 200 Å². The number of carboxylic acids is 1. The topological polar surface area (TPSA) is 90.9 Å². The van der Waals surface area contributed by atoms with E-state index in [1.165, 1.54) is 18.9 Å². The first-order valence-corrected chi connectivity index (χ1v) is 11.6. The third-order valence-corrected chi connectivity index (χ3v) is 6.23. The van der Waals surface area contributed by atoms with Crippen LogP contribution in [0.1, 0.15) is 49.9 Å². The zero-order valence-corrected chi connectivity index (χ0v) is 20.6. The van der Waals surface area contributed by atoms with Crippen molar-refractivity contribution in [2.24, 2.45) is 4.99 Å². The lowest BCUT2D eigenvalue weighted by atomic mass is 9.97. The molecule has 0 aliphatic carbocycles. The fourth-order valence-electron chi connectivity index (χ4n) is 4.48. The van der Waals surface area contributed by atoms with Gasteiger partial charge in [0.1, 0.15) is 0 Å². The van der Waals surface area contributed by atoms with Gasteiger partial charge in [-0.2, -0.15) is 0 Å². The van der Waals surface area contributed by atoms with Crippen LogP contribution in [0.25, 0.3) is 11.3 Å². The van der Waals surface area contributed by atoms with Gasteiger partial charge in [-0.25, -0.2) is 4.99 Å². The van der Waals surface area contributed by atoms with Gasteiger partial charge in [0.25, 0.3) is 0 Å².